The van der Waals surface area contributed by atoms with Gasteiger partial charge in [0.1, 0.15) is 6.33 Å². The molecule has 11 heteroatoms. The average molecular weight is 401 g/mol. The van der Waals surface area contributed by atoms with E-state index in [4.69, 9.17) is 0 Å². The molecule has 0 radical (unpaired) electrons. The zero-order valence-corrected chi connectivity index (χ0v) is 16.1. The van der Waals surface area contributed by atoms with Crippen molar-refractivity contribution in [1.82, 2.24) is 25.4 Å². The van der Waals surface area contributed by atoms with E-state index in [0.29, 0.717) is 23.1 Å². The first-order valence-electron chi connectivity index (χ1n) is 7.82. The van der Waals surface area contributed by atoms with E-state index in [1.54, 1.807) is 23.7 Å². The third-order valence-electron chi connectivity index (χ3n) is 3.30. The van der Waals surface area contributed by atoms with E-state index < -0.39 is 4.92 Å². The van der Waals surface area contributed by atoms with E-state index in [9.17, 15) is 14.9 Å². The van der Waals surface area contributed by atoms with Crippen molar-refractivity contribution in [3.8, 4) is 0 Å². The smallest absolute Gasteiger partial charge is 0.284 e. The first-order valence-corrected chi connectivity index (χ1v) is 8.63. The first-order chi connectivity index (χ1) is 12.0. The molecule has 0 unspecified atom stereocenters. The number of hydrogen-bond donors (Lipinski definition) is 2. The number of nitrogens with zero attached hydrogens (tertiary/aromatic N) is 4. The van der Waals surface area contributed by atoms with Crippen molar-refractivity contribution >= 4 is 35.8 Å². The van der Waals surface area contributed by atoms with Crippen LogP contribution >= 0.6 is 24.2 Å². The molecule has 0 saturated carbocycles. The molecule has 0 fully saturated rings. The van der Waals surface area contributed by atoms with Gasteiger partial charge in [-0.3, -0.25) is 14.9 Å². The molecule has 0 aliphatic heterocycles. The quantitative estimate of drug-likeness (QED) is 0.376. The van der Waals surface area contributed by atoms with Crippen molar-refractivity contribution in [3.05, 3.63) is 40.2 Å². The molecule has 0 aliphatic rings. The molecule has 0 spiro atoms. The molecule has 1 amide bonds. The Balaban J connectivity index is 0.00000338. The molecular formula is C15H21ClN6O3S. The van der Waals surface area contributed by atoms with Gasteiger partial charge in [-0.2, -0.15) is 0 Å². The molecule has 1 aromatic carbocycles. The summed E-state index contributed by atoms with van der Waals surface area (Å²) in [5, 5.41) is 25.4. The molecule has 0 aliphatic carbocycles. The van der Waals surface area contributed by atoms with Crippen LogP contribution in [0.2, 0.25) is 0 Å². The van der Waals surface area contributed by atoms with Crippen LogP contribution in [0.25, 0.3) is 0 Å². The molecule has 2 aromatic rings. The Bertz CT molecular complexity index is 755. The maximum atomic E-state index is 12.1. The monoisotopic (exact) mass is 400 g/mol. The Morgan fingerprint density at radius 2 is 2.12 bits per heavy atom. The lowest BCUT2D eigenvalue weighted by molar-refractivity contribution is -0.387. The van der Waals surface area contributed by atoms with Crippen molar-refractivity contribution in [2.75, 3.05) is 19.6 Å². The average Bonchev–Trinajstić information content (AvgIpc) is 2.99. The predicted molar refractivity (Wildman–Crippen MR) is 101 cm³/mol. The first kappa shape index (κ1) is 21.9. The Kier molecular flexibility index (Phi) is 9.03. The largest absolute Gasteiger partial charge is 0.351 e. The van der Waals surface area contributed by atoms with Crippen molar-refractivity contribution in [1.29, 1.82) is 0 Å². The second-order valence-electron chi connectivity index (χ2n) is 5.27. The summed E-state index contributed by atoms with van der Waals surface area (Å²) in [6, 6.07) is 4.41. The topological polar surface area (TPSA) is 115 Å². The minimum atomic E-state index is -0.502. The fourth-order valence-corrected chi connectivity index (χ4v) is 2.87. The number of nitro groups is 1. The molecule has 0 atom stereocenters. The van der Waals surface area contributed by atoms with E-state index in [1.807, 2.05) is 0 Å². The van der Waals surface area contributed by atoms with Gasteiger partial charge in [-0.25, -0.2) is 0 Å². The summed E-state index contributed by atoms with van der Waals surface area (Å²) in [5.74, 6) is -0.336. The van der Waals surface area contributed by atoms with Gasteiger partial charge in [-0.15, -0.1) is 22.6 Å². The van der Waals surface area contributed by atoms with Crippen LogP contribution in [-0.4, -0.2) is 45.2 Å². The zero-order chi connectivity index (χ0) is 18.2. The number of benzene rings is 1. The fraction of sp³-hybridized carbons (Fsp3) is 0.400. The maximum Gasteiger partial charge on any atom is 0.284 e. The van der Waals surface area contributed by atoms with E-state index in [2.05, 4.69) is 27.8 Å². The molecule has 9 nitrogen and oxygen atoms in total. The van der Waals surface area contributed by atoms with Gasteiger partial charge in [0.05, 0.1) is 9.82 Å². The summed E-state index contributed by atoms with van der Waals surface area (Å²) in [7, 11) is 1.75. The maximum absolute atomic E-state index is 12.1. The number of halogens is 1. The highest BCUT2D eigenvalue weighted by molar-refractivity contribution is 7.99. The summed E-state index contributed by atoms with van der Waals surface area (Å²) in [5.41, 5.74) is 0.120. The number of hydrogen-bond acceptors (Lipinski definition) is 7. The minimum Gasteiger partial charge on any atom is -0.351 e. The van der Waals surface area contributed by atoms with E-state index in [1.165, 1.54) is 12.4 Å². The Morgan fingerprint density at radius 1 is 1.35 bits per heavy atom. The van der Waals surface area contributed by atoms with E-state index in [0.717, 1.165) is 24.7 Å². The molecular weight excluding hydrogens is 380 g/mol. The molecule has 2 N–H and O–H groups in total. The molecule has 1 heterocycles. The normalized spacial score (nSPS) is 10.2. The van der Waals surface area contributed by atoms with Gasteiger partial charge < -0.3 is 15.2 Å². The van der Waals surface area contributed by atoms with E-state index in [-0.39, 0.29) is 29.6 Å². The highest BCUT2D eigenvalue weighted by Crippen LogP contribution is 2.34. The summed E-state index contributed by atoms with van der Waals surface area (Å²) in [6.07, 6.45) is 2.54. The van der Waals surface area contributed by atoms with Crippen molar-refractivity contribution in [3.63, 3.8) is 0 Å². The van der Waals surface area contributed by atoms with Crippen LogP contribution in [0.15, 0.2) is 34.6 Å². The van der Waals surface area contributed by atoms with Gasteiger partial charge in [0.15, 0.2) is 5.16 Å². The summed E-state index contributed by atoms with van der Waals surface area (Å²) >= 11 is 1.13. The number of carbonyl (C=O) groups is 1. The van der Waals surface area contributed by atoms with Crippen LogP contribution in [0, 0.1) is 10.1 Å². The summed E-state index contributed by atoms with van der Waals surface area (Å²) in [4.78, 5) is 23.4. The second-order valence-corrected chi connectivity index (χ2v) is 6.28. The van der Waals surface area contributed by atoms with Crippen molar-refractivity contribution in [2.24, 2.45) is 7.05 Å². The van der Waals surface area contributed by atoms with Crippen LogP contribution < -0.4 is 10.6 Å². The van der Waals surface area contributed by atoms with Gasteiger partial charge >= 0.3 is 0 Å². The SMILES string of the molecule is CCCNCCNC(=O)c1ccc(Sc2nncn2C)c([N+](=O)[O-])c1.Cl. The lowest BCUT2D eigenvalue weighted by atomic mass is 10.2. The van der Waals surface area contributed by atoms with E-state index >= 15 is 0 Å². The standard InChI is InChI=1S/C15H20N6O3S.ClH/c1-3-6-16-7-8-17-14(22)11-4-5-13(12(9-11)21(23)24)25-15-19-18-10-20(15)2;/h4-5,9-10,16H,3,6-8H2,1-2H3,(H,17,22);1H. The Labute approximate surface area is 161 Å². The number of nitrogens with one attached hydrogen (secondary N) is 2. The molecule has 0 bridgehead atoms. The Morgan fingerprint density at radius 3 is 2.73 bits per heavy atom. The van der Waals surface area contributed by atoms with Gasteiger partial charge in [-0.05, 0) is 36.9 Å². The third kappa shape index (κ3) is 5.97. The molecule has 142 valence electrons. The predicted octanol–water partition coefficient (Wildman–Crippen LogP) is 2.03. The van der Waals surface area contributed by atoms with Crippen molar-refractivity contribution < 1.29 is 9.72 Å². The summed E-state index contributed by atoms with van der Waals surface area (Å²) < 4.78 is 1.66. The number of nitro benzene ring substituents is 1. The van der Waals surface area contributed by atoms with Crippen LogP contribution in [0.5, 0.6) is 0 Å². The number of amides is 1. The van der Waals surface area contributed by atoms with Gasteiger partial charge in [-0.1, -0.05) is 6.92 Å². The number of aryl methyl sites for hydroxylation is 1. The second kappa shape index (κ2) is 10.7. The van der Waals surface area contributed by atoms with Crippen LogP contribution in [0.4, 0.5) is 5.69 Å². The number of carbonyl (C=O) groups excluding carboxylic acids is 1. The van der Waals surface area contributed by atoms with Crippen LogP contribution in [-0.2, 0) is 7.05 Å². The fourth-order valence-electron chi connectivity index (χ4n) is 2.02. The molecule has 0 saturated heterocycles. The molecule has 26 heavy (non-hydrogen) atoms. The molecule has 1 aromatic heterocycles. The van der Waals surface area contributed by atoms with Gasteiger partial charge in [0.2, 0.25) is 0 Å². The Hall–Kier alpha value is -2.17. The third-order valence-corrected chi connectivity index (χ3v) is 4.42. The highest BCUT2D eigenvalue weighted by Gasteiger charge is 2.19. The van der Waals surface area contributed by atoms with Crippen LogP contribution in [0.3, 0.4) is 0 Å². The summed E-state index contributed by atoms with van der Waals surface area (Å²) in [6.45, 7) is 4.06. The lowest BCUT2D eigenvalue weighted by Gasteiger charge is -2.07. The van der Waals surface area contributed by atoms with Crippen LogP contribution in [0.1, 0.15) is 23.7 Å². The minimum absolute atomic E-state index is 0. The van der Waals surface area contributed by atoms with Gasteiger partial charge in [0, 0.05) is 31.8 Å². The van der Waals surface area contributed by atoms with Gasteiger partial charge in [0.25, 0.3) is 11.6 Å². The molecule has 2 rings (SSSR count). The van der Waals surface area contributed by atoms with Crippen molar-refractivity contribution in [2.45, 2.75) is 23.4 Å². The number of aromatic nitrogens is 3. The lowest BCUT2D eigenvalue weighted by Crippen LogP contribution is -2.32. The zero-order valence-electron chi connectivity index (χ0n) is 14.5. The highest BCUT2D eigenvalue weighted by atomic mass is 35.5. The number of rotatable bonds is 9.